The van der Waals surface area contributed by atoms with Crippen LogP contribution in [-0.4, -0.2) is 34.5 Å². The summed E-state index contributed by atoms with van der Waals surface area (Å²) in [6.07, 6.45) is -0.393. The fourth-order valence-corrected chi connectivity index (χ4v) is 3.29. The molecule has 3 rings (SSSR count). The number of amides is 1. The Labute approximate surface area is 157 Å². The van der Waals surface area contributed by atoms with Crippen molar-refractivity contribution in [3.8, 4) is 6.07 Å². The predicted octanol–water partition coefficient (Wildman–Crippen LogP) is 2.88. The Morgan fingerprint density at radius 1 is 1.33 bits per heavy atom. The van der Waals surface area contributed by atoms with Crippen molar-refractivity contribution < 1.29 is 19.1 Å². The first-order valence-corrected chi connectivity index (χ1v) is 8.87. The van der Waals surface area contributed by atoms with Gasteiger partial charge in [-0.15, -0.1) is 11.3 Å². The van der Waals surface area contributed by atoms with E-state index in [2.05, 4.69) is 15.5 Å². The van der Waals surface area contributed by atoms with Crippen molar-refractivity contribution in [3.63, 3.8) is 0 Å². The zero-order chi connectivity index (χ0) is 19.4. The number of esters is 1. The smallest absolute Gasteiger partial charge is 0.313 e. The van der Waals surface area contributed by atoms with Crippen molar-refractivity contribution >= 4 is 44.9 Å². The number of hydrogen-bond acceptors (Lipinski definition) is 7. The SMILES string of the molecule is CCOC(=O)CC(=O)c1ccsc1NC(=O)c1n[nH]c2cc(C#N)ccc12. The normalized spacial score (nSPS) is 10.4. The van der Waals surface area contributed by atoms with Gasteiger partial charge >= 0.3 is 5.97 Å². The zero-order valence-electron chi connectivity index (χ0n) is 14.2. The van der Waals surface area contributed by atoms with Crippen LogP contribution in [-0.2, 0) is 9.53 Å². The van der Waals surface area contributed by atoms with E-state index in [1.165, 1.54) is 11.3 Å². The summed E-state index contributed by atoms with van der Waals surface area (Å²) in [5.74, 6) is -1.55. The Kier molecular flexibility index (Phi) is 5.28. The Morgan fingerprint density at radius 2 is 2.15 bits per heavy atom. The predicted molar refractivity (Wildman–Crippen MR) is 98.7 cm³/mol. The highest BCUT2D eigenvalue weighted by Gasteiger charge is 2.21. The Balaban J connectivity index is 1.80. The van der Waals surface area contributed by atoms with Crippen LogP contribution in [0.5, 0.6) is 0 Å². The number of aromatic amines is 1. The topological polar surface area (TPSA) is 125 Å². The highest BCUT2D eigenvalue weighted by molar-refractivity contribution is 7.14. The standard InChI is InChI=1S/C18H14N4O4S/c1-2-26-15(24)8-14(23)12-5-6-27-18(12)20-17(25)16-11-4-3-10(9-19)7-13(11)21-22-16/h3-7H,2,8H2,1H3,(H,20,25)(H,21,22). The van der Waals surface area contributed by atoms with E-state index in [9.17, 15) is 14.4 Å². The van der Waals surface area contributed by atoms with Crippen molar-refractivity contribution in [2.45, 2.75) is 13.3 Å². The number of hydrogen-bond donors (Lipinski definition) is 2. The number of ketones is 1. The number of nitrogens with zero attached hydrogens (tertiary/aromatic N) is 2. The molecule has 0 saturated heterocycles. The Bertz CT molecular complexity index is 1080. The minimum absolute atomic E-state index is 0.145. The minimum atomic E-state index is -0.613. The zero-order valence-corrected chi connectivity index (χ0v) is 15.1. The second-order valence-corrected chi connectivity index (χ2v) is 6.38. The van der Waals surface area contributed by atoms with Gasteiger partial charge in [-0.05, 0) is 36.6 Å². The molecule has 0 unspecified atom stereocenters. The van der Waals surface area contributed by atoms with Crippen LogP contribution >= 0.6 is 11.3 Å². The second-order valence-electron chi connectivity index (χ2n) is 5.47. The minimum Gasteiger partial charge on any atom is -0.466 e. The summed E-state index contributed by atoms with van der Waals surface area (Å²) in [7, 11) is 0. The van der Waals surface area contributed by atoms with E-state index in [1.807, 2.05) is 6.07 Å². The number of aromatic nitrogens is 2. The van der Waals surface area contributed by atoms with Crippen LogP contribution in [0.4, 0.5) is 5.00 Å². The van der Waals surface area contributed by atoms with Gasteiger partial charge in [0.2, 0.25) is 0 Å². The van der Waals surface area contributed by atoms with Gasteiger partial charge in [0, 0.05) is 5.39 Å². The lowest BCUT2D eigenvalue weighted by Crippen LogP contribution is -2.16. The number of rotatable bonds is 6. The van der Waals surface area contributed by atoms with Crippen LogP contribution in [0.3, 0.4) is 0 Å². The van der Waals surface area contributed by atoms with Crippen molar-refractivity contribution in [1.82, 2.24) is 10.2 Å². The third-order valence-corrected chi connectivity index (χ3v) is 4.54. The van der Waals surface area contributed by atoms with E-state index >= 15 is 0 Å². The molecular weight excluding hydrogens is 368 g/mol. The first kappa shape index (κ1) is 18.3. The Hall–Kier alpha value is -3.51. The van der Waals surface area contributed by atoms with Gasteiger partial charge in [0.15, 0.2) is 11.5 Å². The number of anilines is 1. The molecule has 136 valence electrons. The molecule has 0 aliphatic carbocycles. The number of nitriles is 1. The van der Waals surface area contributed by atoms with Crippen LogP contribution in [0.25, 0.3) is 10.9 Å². The molecule has 2 N–H and O–H groups in total. The van der Waals surface area contributed by atoms with Gasteiger partial charge in [-0.2, -0.15) is 10.4 Å². The van der Waals surface area contributed by atoms with E-state index in [1.54, 1.807) is 36.6 Å². The molecule has 3 aromatic rings. The monoisotopic (exact) mass is 382 g/mol. The summed E-state index contributed by atoms with van der Waals surface area (Å²) in [5, 5.41) is 20.8. The van der Waals surface area contributed by atoms with Crippen LogP contribution in [0.15, 0.2) is 29.6 Å². The first-order valence-electron chi connectivity index (χ1n) is 7.99. The number of thiophene rings is 1. The maximum absolute atomic E-state index is 12.6. The summed E-state index contributed by atoms with van der Waals surface area (Å²) in [4.78, 5) is 36.4. The molecule has 0 bridgehead atoms. The molecule has 0 aliphatic rings. The summed E-state index contributed by atoms with van der Waals surface area (Å²) in [6, 6.07) is 8.38. The molecule has 27 heavy (non-hydrogen) atoms. The lowest BCUT2D eigenvalue weighted by molar-refractivity contribution is -0.141. The van der Waals surface area contributed by atoms with E-state index < -0.39 is 24.1 Å². The van der Waals surface area contributed by atoms with E-state index in [-0.39, 0.29) is 17.9 Å². The Morgan fingerprint density at radius 3 is 2.89 bits per heavy atom. The highest BCUT2D eigenvalue weighted by atomic mass is 32.1. The quantitative estimate of drug-likeness (QED) is 0.384. The first-order chi connectivity index (χ1) is 13.0. The molecular formula is C18H14N4O4S. The molecule has 0 spiro atoms. The molecule has 1 amide bonds. The third-order valence-electron chi connectivity index (χ3n) is 3.71. The van der Waals surface area contributed by atoms with Gasteiger partial charge in [0.1, 0.15) is 11.4 Å². The van der Waals surface area contributed by atoms with Gasteiger partial charge in [-0.1, -0.05) is 0 Å². The largest absolute Gasteiger partial charge is 0.466 e. The molecule has 9 heteroatoms. The third kappa shape index (κ3) is 3.86. The van der Waals surface area contributed by atoms with Crippen molar-refractivity contribution in [3.05, 3.63) is 46.5 Å². The summed E-state index contributed by atoms with van der Waals surface area (Å²) in [5.41, 5.74) is 1.40. The lowest BCUT2D eigenvalue weighted by Gasteiger charge is -2.05. The number of benzene rings is 1. The van der Waals surface area contributed by atoms with Crippen LogP contribution in [0.1, 0.15) is 39.8 Å². The maximum Gasteiger partial charge on any atom is 0.313 e. The highest BCUT2D eigenvalue weighted by Crippen LogP contribution is 2.26. The summed E-state index contributed by atoms with van der Waals surface area (Å²) >= 11 is 1.17. The molecule has 0 saturated carbocycles. The van der Waals surface area contributed by atoms with Crippen LogP contribution < -0.4 is 5.32 Å². The average molecular weight is 382 g/mol. The molecule has 1 aromatic carbocycles. The number of carbonyl (C=O) groups is 3. The maximum atomic E-state index is 12.6. The van der Waals surface area contributed by atoms with Gasteiger partial charge in [-0.3, -0.25) is 19.5 Å². The summed E-state index contributed by atoms with van der Waals surface area (Å²) in [6.45, 7) is 1.85. The van der Waals surface area contributed by atoms with Gasteiger partial charge in [-0.25, -0.2) is 0 Å². The number of ether oxygens (including phenoxy) is 1. The van der Waals surface area contributed by atoms with E-state index in [4.69, 9.17) is 10.00 Å². The van der Waals surface area contributed by atoms with Crippen LogP contribution in [0, 0.1) is 11.3 Å². The molecule has 2 heterocycles. The average Bonchev–Trinajstić information content (AvgIpc) is 3.27. The van der Waals surface area contributed by atoms with Crippen LogP contribution in [0.2, 0.25) is 0 Å². The lowest BCUT2D eigenvalue weighted by atomic mass is 10.1. The number of nitrogens with one attached hydrogen (secondary N) is 2. The molecule has 0 atom stereocenters. The van der Waals surface area contributed by atoms with Crippen molar-refractivity contribution in [1.29, 1.82) is 5.26 Å². The molecule has 0 radical (unpaired) electrons. The van der Waals surface area contributed by atoms with E-state index in [0.29, 0.717) is 21.5 Å². The number of fused-ring (bicyclic) bond motifs is 1. The van der Waals surface area contributed by atoms with Crippen molar-refractivity contribution in [2.24, 2.45) is 0 Å². The second kappa shape index (κ2) is 7.80. The van der Waals surface area contributed by atoms with Gasteiger partial charge < -0.3 is 10.1 Å². The molecule has 0 aliphatic heterocycles. The van der Waals surface area contributed by atoms with E-state index in [0.717, 1.165) is 0 Å². The molecule has 8 nitrogen and oxygen atoms in total. The van der Waals surface area contributed by atoms with Crippen molar-refractivity contribution in [2.75, 3.05) is 11.9 Å². The number of carbonyl (C=O) groups excluding carboxylic acids is 3. The van der Waals surface area contributed by atoms with Gasteiger partial charge in [0.05, 0.1) is 29.3 Å². The number of Topliss-reactive ketones (excluding diaryl/α,β-unsaturated/α-hetero) is 1. The van der Waals surface area contributed by atoms with Gasteiger partial charge in [0.25, 0.3) is 5.91 Å². The fourth-order valence-electron chi connectivity index (χ4n) is 2.49. The summed E-state index contributed by atoms with van der Waals surface area (Å²) < 4.78 is 4.78. The molecule has 2 aromatic heterocycles. The number of H-pyrrole nitrogens is 1. The molecule has 0 fully saturated rings. The fraction of sp³-hybridized carbons (Fsp3) is 0.167.